The number of ether oxygens (including phenoxy) is 5. The van der Waals surface area contributed by atoms with E-state index in [9.17, 15) is 53.4 Å². The minimum absolute atomic E-state index is 0.00842. The van der Waals surface area contributed by atoms with Gasteiger partial charge in [0, 0.05) is 58.0 Å². The van der Waals surface area contributed by atoms with Crippen LogP contribution in [-0.2, 0) is 74.9 Å². The van der Waals surface area contributed by atoms with Crippen LogP contribution in [0.5, 0.6) is 17.2 Å². The number of phenols is 2. The van der Waals surface area contributed by atoms with E-state index in [4.69, 9.17) is 23.7 Å². The first-order valence-electron chi connectivity index (χ1n) is 29.3. The van der Waals surface area contributed by atoms with Gasteiger partial charge < -0.3 is 70.7 Å². The Morgan fingerprint density at radius 1 is 0.595 bits per heavy atom. The molecule has 7 amide bonds. The van der Waals surface area contributed by atoms with Gasteiger partial charge in [0.25, 0.3) is 0 Å². The van der Waals surface area contributed by atoms with Crippen molar-refractivity contribution in [3.8, 4) is 17.2 Å². The molecule has 2 aromatic rings. The summed E-state index contributed by atoms with van der Waals surface area (Å²) in [6.07, 6.45) is 2.60. The maximum atomic E-state index is 14.4. The summed E-state index contributed by atoms with van der Waals surface area (Å²) in [6.45, 7) is 11.8. The van der Waals surface area contributed by atoms with Crippen molar-refractivity contribution in [2.75, 3.05) is 99.1 Å². The Morgan fingerprint density at radius 2 is 1.06 bits per heavy atom. The number of phenolic OH excluding ortho intramolecular Hbond substituents is 2. The third kappa shape index (κ3) is 17.4. The van der Waals surface area contributed by atoms with E-state index < -0.39 is 88.5 Å². The zero-order chi connectivity index (χ0) is 60.3. The number of nitrogens with zero attached hydrogens (tertiary/aromatic N) is 3. The predicted molar refractivity (Wildman–Crippen MR) is 301 cm³/mol. The SMILES string of the molecule is COc1ccc(CC(NC(=O)C(C)NC(=O)CN2CCOCC2)C(=O)NC(CC2CCN(CC3CCC(CC(NC(=O)C(Cc4ccc(O)c(O)c4)NC(=O)C(C)NC(=O)CN4CCOCC4)C(=O)C4(C)CO4)C3)C2=O)C(=O)C2(C)CO2)cc1. The summed E-state index contributed by atoms with van der Waals surface area (Å²) in [5.74, 6) is -5.11. The van der Waals surface area contributed by atoms with E-state index in [0.717, 1.165) is 6.42 Å². The summed E-state index contributed by atoms with van der Waals surface area (Å²) >= 11 is 0. The van der Waals surface area contributed by atoms with Crippen molar-refractivity contribution in [2.24, 2.45) is 17.8 Å². The predicted octanol–water partition coefficient (Wildman–Crippen LogP) is -0.734. The number of carbonyl (C=O) groups excluding carboxylic acids is 9. The lowest BCUT2D eigenvalue weighted by Gasteiger charge is -2.28. The van der Waals surface area contributed by atoms with E-state index in [1.54, 1.807) is 43.0 Å². The van der Waals surface area contributed by atoms with Crippen LogP contribution in [-0.4, -0.2) is 224 Å². The third-order valence-electron chi connectivity index (χ3n) is 16.9. The van der Waals surface area contributed by atoms with Crippen LogP contribution < -0.4 is 36.6 Å². The molecule has 6 fully saturated rings. The lowest BCUT2D eigenvalue weighted by molar-refractivity contribution is -0.135. The van der Waals surface area contributed by atoms with Crippen LogP contribution >= 0.6 is 0 Å². The van der Waals surface area contributed by atoms with Gasteiger partial charge in [-0.3, -0.25) is 53.0 Å². The molecule has 0 radical (unpaired) electrons. The maximum absolute atomic E-state index is 14.4. The molecule has 5 heterocycles. The van der Waals surface area contributed by atoms with E-state index in [-0.39, 0.29) is 93.1 Å². The number of hydrogen-bond donors (Lipinski definition) is 8. The lowest BCUT2D eigenvalue weighted by atomic mass is 9.90. The van der Waals surface area contributed by atoms with Crippen LogP contribution in [0.1, 0.15) is 77.3 Å². The number of carbonyl (C=O) groups is 9. The number of nitrogens with one attached hydrogen (secondary N) is 6. The zero-order valence-corrected chi connectivity index (χ0v) is 48.7. The van der Waals surface area contributed by atoms with Crippen molar-refractivity contribution < 1.29 is 77.0 Å². The number of Topliss-reactive ketones (excluding diaryl/α,β-unsaturated/α-hetero) is 2. The lowest BCUT2D eigenvalue weighted by Crippen LogP contribution is -2.57. The van der Waals surface area contributed by atoms with Gasteiger partial charge in [-0.1, -0.05) is 24.6 Å². The number of rotatable bonds is 29. The van der Waals surface area contributed by atoms with Gasteiger partial charge in [0.1, 0.15) is 41.1 Å². The first-order valence-corrected chi connectivity index (χ1v) is 29.3. The number of hydrogen-bond acceptors (Lipinski definition) is 18. The molecular weight excluding hydrogens is 1090 g/mol. The highest BCUT2D eigenvalue weighted by Crippen LogP contribution is 2.39. The molecule has 2 aromatic carbocycles. The molecule has 6 aliphatic rings. The third-order valence-corrected chi connectivity index (χ3v) is 16.9. The first kappa shape index (κ1) is 63.3. The Labute approximate surface area is 489 Å². The van der Waals surface area contributed by atoms with Gasteiger partial charge in [-0.15, -0.1) is 0 Å². The number of aromatic hydroxyl groups is 2. The maximum Gasteiger partial charge on any atom is 0.243 e. The number of amides is 7. The second kappa shape index (κ2) is 28.4. The van der Waals surface area contributed by atoms with Crippen LogP contribution in [0.4, 0.5) is 0 Å². The zero-order valence-electron chi connectivity index (χ0n) is 48.7. The molecule has 25 nitrogen and oxygen atoms in total. The molecule has 0 aromatic heterocycles. The number of morpholine rings is 2. The molecule has 5 aliphatic heterocycles. The van der Waals surface area contributed by atoms with Gasteiger partial charge in [0.2, 0.25) is 41.4 Å². The monoisotopic (exact) mass is 1170 g/mol. The second-order valence-corrected chi connectivity index (χ2v) is 23.7. The highest BCUT2D eigenvalue weighted by Gasteiger charge is 2.53. The highest BCUT2D eigenvalue weighted by atomic mass is 16.6. The standard InChI is InChI=1S/C59H83N9O16/c1-35(60-49(71)31-66-16-20-81-21-17-66)53(75)64-45(25-37-8-11-42(80-5)12-9-37)55(77)63-44(52(74)59(4)34-84-59)29-41-14-15-68(57(41)79)30-40-7-6-38(24-40)26-43(51(73)58(3)33-83-58)62-56(78)46(27-39-10-13-47(69)48(70)28-39)65-54(76)36(2)61-50(72)32-67-18-22-82-23-19-67/h8-13,28,35-36,38,40-41,43-46,69-70H,6-7,14-27,29-34H2,1-5H3,(H,60,71)(H,61,72)(H,62,78)(H,63,77)(H,64,75)(H,65,76). The van der Waals surface area contributed by atoms with E-state index in [0.29, 0.717) is 102 Å². The summed E-state index contributed by atoms with van der Waals surface area (Å²) < 4.78 is 27.2. The molecule has 8 rings (SSSR count). The quantitative estimate of drug-likeness (QED) is 0.0368. The Kier molecular flexibility index (Phi) is 21.4. The summed E-state index contributed by atoms with van der Waals surface area (Å²) in [7, 11) is 1.53. The smallest absolute Gasteiger partial charge is 0.243 e. The molecule has 84 heavy (non-hydrogen) atoms. The molecule has 11 unspecified atom stereocenters. The molecule has 11 atom stereocenters. The topological polar surface area (TPSA) is 329 Å². The average Bonchev–Trinajstić information content (AvgIpc) is 2.17. The minimum atomic E-state index is -1.28. The normalized spacial score (nSPS) is 25.4. The summed E-state index contributed by atoms with van der Waals surface area (Å²) in [5, 5.41) is 37.0. The van der Waals surface area contributed by atoms with Crippen molar-refractivity contribution in [3.05, 3.63) is 53.6 Å². The molecule has 8 N–H and O–H groups in total. The van der Waals surface area contributed by atoms with Crippen molar-refractivity contribution in [2.45, 2.75) is 127 Å². The van der Waals surface area contributed by atoms with Crippen LogP contribution in [0.3, 0.4) is 0 Å². The van der Waals surface area contributed by atoms with Crippen LogP contribution in [0.2, 0.25) is 0 Å². The van der Waals surface area contributed by atoms with Gasteiger partial charge in [-0.05, 0) is 107 Å². The fraction of sp³-hybridized carbons (Fsp3) is 0.644. The molecule has 0 spiro atoms. The van der Waals surface area contributed by atoms with Gasteiger partial charge in [-0.2, -0.15) is 0 Å². The van der Waals surface area contributed by atoms with Crippen LogP contribution in [0.15, 0.2) is 42.5 Å². The van der Waals surface area contributed by atoms with E-state index in [1.165, 1.54) is 39.2 Å². The van der Waals surface area contributed by atoms with E-state index in [1.807, 2.05) is 9.80 Å². The van der Waals surface area contributed by atoms with Crippen LogP contribution in [0.25, 0.3) is 0 Å². The Balaban J connectivity index is 0.886. The van der Waals surface area contributed by atoms with Gasteiger partial charge in [-0.25, -0.2) is 0 Å². The molecule has 1 aliphatic carbocycles. The number of methoxy groups -OCH3 is 1. The second-order valence-electron chi connectivity index (χ2n) is 23.7. The number of ketones is 2. The van der Waals surface area contributed by atoms with Gasteiger partial charge >= 0.3 is 0 Å². The number of epoxide rings is 2. The molecule has 1 saturated carbocycles. The summed E-state index contributed by atoms with van der Waals surface area (Å²) in [5.41, 5.74) is -1.21. The van der Waals surface area contributed by atoms with Crippen molar-refractivity contribution in [3.63, 3.8) is 0 Å². The first-order chi connectivity index (χ1) is 40.1. The fourth-order valence-corrected chi connectivity index (χ4v) is 11.5. The minimum Gasteiger partial charge on any atom is -0.504 e. The summed E-state index contributed by atoms with van der Waals surface area (Å²) in [4.78, 5) is 130. The fourth-order valence-electron chi connectivity index (χ4n) is 11.5. The highest BCUT2D eigenvalue weighted by molar-refractivity contribution is 6.00. The summed E-state index contributed by atoms with van der Waals surface area (Å²) in [6, 6.07) is 4.30. The number of likely N-dealkylation sites (tertiary alicyclic amines) is 1. The van der Waals surface area contributed by atoms with E-state index >= 15 is 0 Å². The van der Waals surface area contributed by atoms with Crippen LogP contribution in [0, 0.1) is 17.8 Å². The molecule has 0 bridgehead atoms. The van der Waals surface area contributed by atoms with Crippen molar-refractivity contribution in [1.29, 1.82) is 0 Å². The van der Waals surface area contributed by atoms with Crippen molar-refractivity contribution in [1.82, 2.24) is 46.6 Å². The van der Waals surface area contributed by atoms with Gasteiger partial charge in [0.15, 0.2) is 23.1 Å². The average molecular weight is 1170 g/mol. The molecule has 460 valence electrons. The largest absolute Gasteiger partial charge is 0.504 e. The molecule has 25 heteroatoms. The Bertz CT molecular complexity index is 2710. The van der Waals surface area contributed by atoms with Crippen molar-refractivity contribution >= 4 is 52.9 Å². The number of benzene rings is 2. The molecular formula is C59H83N9O16. The Hall–Kier alpha value is -6.77. The van der Waals surface area contributed by atoms with E-state index in [2.05, 4.69) is 31.9 Å². The Morgan fingerprint density at radius 3 is 1.55 bits per heavy atom. The van der Waals surface area contributed by atoms with Gasteiger partial charge in [0.05, 0.1) is 71.9 Å². The molecule has 5 saturated heterocycles.